The molecule has 6 atom stereocenters. The van der Waals surface area contributed by atoms with Gasteiger partial charge in [-0.05, 0) is 25.8 Å². The minimum atomic E-state index is -1.09. The van der Waals surface area contributed by atoms with E-state index in [0.29, 0.717) is 30.8 Å². The van der Waals surface area contributed by atoms with Crippen molar-refractivity contribution in [2.45, 2.75) is 49.2 Å². The van der Waals surface area contributed by atoms with Gasteiger partial charge in [0.25, 0.3) is 0 Å². The van der Waals surface area contributed by atoms with E-state index in [1.807, 2.05) is 0 Å². The Morgan fingerprint density at radius 1 is 1.48 bits per heavy atom. The Morgan fingerprint density at radius 2 is 2.22 bits per heavy atom. The van der Waals surface area contributed by atoms with Crippen molar-refractivity contribution in [1.29, 1.82) is 0 Å². The van der Waals surface area contributed by atoms with Gasteiger partial charge in [-0.2, -0.15) is 0 Å². The highest BCUT2D eigenvalue weighted by atomic mass is 32.2. The lowest BCUT2D eigenvalue weighted by Crippen LogP contribution is -2.65. The number of hydrogen-bond donors (Lipinski definition) is 5. The Morgan fingerprint density at radius 3 is 2.85 bits per heavy atom. The number of fused-ring (bicyclic) bond motifs is 1. The topological polar surface area (TPSA) is 139 Å². The van der Waals surface area contributed by atoms with E-state index in [2.05, 4.69) is 10.6 Å². The first kappa shape index (κ1) is 20.1. The van der Waals surface area contributed by atoms with E-state index < -0.39 is 24.0 Å². The molecule has 0 saturated carbocycles. The van der Waals surface area contributed by atoms with Gasteiger partial charge in [0.1, 0.15) is 0 Å². The molecular weight excluding hydrogens is 374 g/mol. The van der Waals surface area contributed by atoms with Gasteiger partial charge < -0.3 is 30.9 Å². The normalized spacial score (nSPS) is 33.3. The zero-order valence-electron chi connectivity index (χ0n) is 15.0. The number of nitrogens with one attached hydrogen (secondary N) is 2. The summed E-state index contributed by atoms with van der Waals surface area (Å²) in [5, 5.41) is 34.0. The lowest BCUT2D eigenvalue weighted by Gasteiger charge is -2.45. The molecule has 0 aliphatic carbocycles. The Balaban J connectivity index is 1.61. The first-order valence-corrected chi connectivity index (χ1v) is 9.96. The van der Waals surface area contributed by atoms with Crippen LogP contribution >= 0.6 is 11.8 Å². The van der Waals surface area contributed by atoms with Crippen molar-refractivity contribution in [3.63, 3.8) is 0 Å². The van der Waals surface area contributed by atoms with Crippen LogP contribution in [-0.4, -0.2) is 87.2 Å². The number of nitrogens with zero attached hydrogens (tertiary/aromatic N) is 1. The number of carboxylic acid groups (broad SMARTS) is 1. The molecule has 0 aromatic heterocycles. The highest BCUT2D eigenvalue weighted by Gasteiger charge is 2.58. The molecule has 5 N–H and O–H groups in total. The lowest BCUT2D eigenvalue weighted by molar-refractivity contribution is -0.167. The van der Waals surface area contributed by atoms with Crippen LogP contribution in [0.1, 0.15) is 19.8 Å². The second-order valence-electron chi connectivity index (χ2n) is 7.12. The van der Waals surface area contributed by atoms with Gasteiger partial charge in [0, 0.05) is 29.9 Å². The van der Waals surface area contributed by atoms with Gasteiger partial charge in [-0.15, -0.1) is 11.8 Å². The number of aliphatic carboxylic acids is 1. The summed E-state index contributed by atoms with van der Waals surface area (Å²) in [6, 6.07) is -1.75. The van der Waals surface area contributed by atoms with Gasteiger partial charge in [0.2, 0.25) is 11.8 Å². The number of aliphatic hydroxyl groups excluding tert-OH is 2. The number of hydrogen-bond acceptors (Lipinski definition) is 7. The average Bonchev–Trinajstić information content (AvgIpc) is 3.18. The second-order valence-corrected chi connectivity index (χ2v) is 8.49. The van der Waals surface area contributed by atoms with Crippen molar-refractivity contribution in [3.05, 3.63) is 11.0 Å². The SMILES string of the molecule is C[C@@H](O)[C@@H]1C(=O)N2C(C(=O)O)C(S[C@H]3CN[C@@H](C(=O)NCCCO)C3)=C[C@@H]12. The monoisotopic (exact) mass is 399 g/mol. The van der Waals surface area contributed by atoms with Gasteiger partial charge in [-0.1, -0.05) is 0 Å². The summed E-state index contributed by atoms with van der Waals surface area (Å²) in [5.41, 5.74) is 0. The standard InChI is InChI=1S/C17H25N3O6S/c1-8(22)13-11-6-12(14(17(25)26)20(11)16(13)24)27-9-5-10(19-7-9)15(23)18-3-2-4-21/h6,8-11,13-14,19,21-22H,2-5,7H2,1H3,(H,18,23)(H,25,26)/t8-,9-,10-,11+,13+,14?/m1/s1. The smallest absolute Gasteiger partial charge is 0.331 e. The minimum absolute atomic E-state index is 0.0190. The molecule has 9 nitrogen and oxygen atoms in total. The van der Waals surface area contributed by atoms with Crippen molar-refractivity contribution >= 4 is 29.5 Å². The molecule has 27 heavy (non-hydrogen) atoms. The summed E-state index contributed by atoms with van der Waals surface area (Å²) >= 11 is 1.39. The first-order valence-electron chi connectivity index (χ1n) is 9.08. The van der Waals surface area contributed by atoms with Crippen LogP contribution in [0, 0.1) is 5.92 Å². The van der Waals surface area contributed by atoms with E-state index in [1.54, 1.807) is 6.08 Å². The molecule has 0 bridgehead atoms. The van der Waals surface area contributed by atoms with E-state index >= 15 is 0 Å². The minimum Gasteiger partial charge on any atom is -0.479 e. The summed E-state index contributed by atoms with van der Waals surface area (Å²) in [4.78, 5) is 37.9. The molecule has 0 radical (unpaired) electrons. The van der Waals surface area contributed by atoms with Crippen molar-refractivity contribution < 1.29 is 29.7 Å². The summed E-state index contributed by atoms with van der Waals surface area (Å²) in [5.74, 6) is -2.13. The van der Waals surface area contributed by atoms with Crippen LogP contribution in [0.3, 0.4) is 0 Å². The van der Waals surface area contributed by atoms with Gasteiger partial charge in [0.15, 0.2) is 6.04 Å². The van der Waals surface area contributed by atoms with Crippen molar-refractivity contribution in [2.75, 3.05) is 19.7 Å². The Bertz CT molecular complexity index is 655. The molecule has 0 spiro atoms. The quantitative estimate of drug-likeness (QED) is 0.246. The van der Waals surface area contributed by atoms with Crippen LogP contribution < -0.4 is 10.6 Å². The van der Waals surface area contributed by atoms with Crippen molar-refractivity contribution in [1.82, 2.24) is 15.5 Å². The van der Waals surface area contributed by atoms with Crippen LogP contribution in [0.2, 0.25) is 0 Å². The molecule has 150 valence electrons. The number of carbonyl (C=O) groups excluding carboxylic acids is 2. The summed E-state index contributed by atoms with van der Waals surface area (Å²) in [7, 11) is 0. The lowest BCUT2D eigenvalue weighted by atomic mass is 9.84. The zero-order chi connectivity index (χ0) is 19.7. The van der Waals surface area contributed by atoms with E-state index in [9.17, 15) is 24.6 Å². The largest absolute Gasteiger partial charge is 0.479 e. The van der Waals surface area contributed by atoms with Crippen molar-refractivity contribution in [2.24, 2.45) is 5.92 Å². The van der Waals surface area contributed by atoms with Gasteiger partial charge in [-0.25, -0.2) is 4.79 Å². The molecule has 2 fully saturated rings. The molecule has 3 aliphatic heterocycles. The number of carbonyl (C=O) groups is 3. The molecule has 2 amide bonds. The summed E-state index contributed by atoms with van der Waals surface area (Å²) in [6.07, 6.45) is 2.00. The number of rotatable bonds is 8. The fraction of sp³-hybridized carbons (Fsp3) is 0.706. The van der Waals surface area contributed by atoms with Gasteiger partial charge >= 0.3 is 5.97 Å². The molecule has 3 rings (SSSR count). The van der Waals surface area contributed by atoms with Crippen LogP contribution in [0.15, 0.2) is 11.0 Å². The molecular formula is C17H25N3O6S. The average molecular weight is 399 g/mol. The number of β-lactam (4-membered cyclic amide) rings is 1. The number of carboxylic acids is 1. The number of amides is 2. The fourth-order valence-corrected chi connectivity index (χ4v) is 5.29. The zero-order valence-corrected chi connectivity index (χ0v) is 15.8. The molecule has 0 aromatic rings. The molecule has 3 aliphatic rings. The van der Waals surface area contributed by atoms with Crippen LogP contribution in [0.4, 0.5) is 0 Å². The van der Waals surface area contributed by atoms with E-state index in [-0.39, 0.29) is 35.8 Å². The van der Waals surface area contributed by atoms with Gasteiger partial charge in [-0.3, -0.25) is 9.59 Å². The predicted octanol–water partition coefficient (Wildman–Crippen LogP) is -1.49. The first-order chi connectivity index (χ1) is 12.8. The number of thioether (sulfide) groups is 1. The van der Waals surface area contributed by atoms with Crippen molar-refractivity contribution in [3.8, 4) is 0 Å². The Hall–Kier alpha value is -1.62. The third kappa shape index (κ3) is 3.84. The maximum Gasteiger partial charge on any atom is 0.331 e. The third-order valence-corrected chi connectivity index (χ3v) is 6.53. The Labute approximate surface area is 161 Å². The molecule has 0 aromatic carbocycles. The van der Waals surface area contributed by atoms with Crippen LogP contribution in [0.5, 0.6) is 0 Å². The van der Waals surface area contributed by atoms with Gasteiger partial charge in [0.05, 0.1) is 24.1 Å². The molecule has 10 heteroatoms. The maximum atomic E-state index is 12.2. The second kappa shape index (κ2) is 8.17. The molecule has 1 unspecified atom stereocenters. The molecule has 2 saturated heterocycles. The van der Waals surface area contributed by atoms with E-state index in [4.69, 9.17) is 5.11 Å². The van der Waals surface area contributed by atoms with Crippen LogP contribution in [0.25, 0.3) is 0 Å². The maximum absolute atomic E-state index is 12.2. The van der Waals surface area contributed by atoms with E-state index in [1.165, 1.54) is 23.6 Å². The summed E-state index contributed by atoms with van der Waals surface area (Å²) < 4.78 is 0. The molecule has 3 heterocycles. The third-order valence-electron chi connectivity index (χ3n) is 5.21. The van der Waals surface area contributed by atoms with Crippen LogP contribution in [-0.2, 0) is 14.4 Å². The Kier molecular flexibility index (Phi) is 6.09. The summed E-state index contributed by atoms with van der Waals surface area (Å²) in [6.45, 7) is 2.53. The fourth-order valence-electron chi connectivity index (χ4n) is 3.87. The predicted molar refractivity (Wildman–Crippen MR) is 97.8 cm³/mol. The number of aliphatic hydroxyl groups is 2. The highest BCUT2D eigenvalue weighted by molar-refractivity contribution is 8.03. The van der Waals surface area contributed by atoms with E-state index in [0.717, 1.165) is 0 Å². The highest BCUT2D eigenvalue weighted by Crippen LogP contribution is 2.45.